The number of rotatable bonds is 5. The van der Waals surface area contributed by atoms with Crippen LogP contribution >= 0.6 is 0 Å². The van der Waals surface area contributed by atoms with Crippen molar-refractivity contribution in [1.29, 1.82) is 0 Å². The molecule has 90 valence electrons. The van der Waals surface area contributed by atoms with E-state index in [0.717, 1.165) is 18.2 Å². The number of nitrogens with zero attached hydrogens (tertiary/aromatic N) is 2. The van der Waals surface area contributed by atoms with Gasteiger partial charge in [0, 0.05) is 6.42 Å². The van der Waals surface area contributed by atoms with Crippen LogP contribution in [0.5, 0.6) is 0 Å². The molecule has 1 unspecified atom stereocenters. The van der Waals surface area contributed by atoms with Crippen LogP contribution in [0.1, 0.15) is 56.9 Å². The Morgan fingerprint density at radius 3 is 2.81 bits per heavy atom. The van der Waals surface area contributed by atoms with Gasteiger partial charge in [0.25, 0.3) is 0 Å². The van der Waals surface area contributed by atoms with E-state index in [1.54, 1.807) is 0 Å². The Labute approximate surface area is 96.8 Å². The van der Waals surface area contributed by atoms with Gasteiger partial charge in [0.1, 0.15) is 0 Å². The third-order valence-corrected chi connectivity index (χ3v) is 3.53. The molecule has 2 rings (SSSR count). The lowest BCUT2D eigenvalue weighted by molar-refractivity contribution is 0.388. The largest absolute Gasteiger partial charge is 0.424 e. The van der Waals surface area contributed by atoms with Crippen molar-refractivity contribution in [1.82, 2.24) is 15.5 Å². The summed E-state index contributed by atoms with van der Waals surface area (Å²) in [5.41, 5.74) is 0. The summed E-state index contributed by atoms with van der Waals surface area (Å²) >= 11 is 0. The molecule has 1 N–H and O–H groups in total. The lowest BCUT2D eigenvalue weighted by Crippen LogP contribution is -2.12. The molecule has 1 aliphatic rings. The van der Waals surface area contributed by atoms with E-state index in [1.165, 1.54) is 32.1 Å². The summed E-state index contributed by atoms with van der Waals surface area (Å²) in [7, 11) is 1.90. The Morgan fingerprint density at radius 1 is 1.38 bits per heavy atom. The quantitative estimate of drug-likeness (QED) is 0.833. The molecule has 0 spiro atoms. The molecule has 1 atom stereocenters. The van der Waals surface area contributed by atoms with E-state index < -0.39 is 0 Å². The van der Waals surface area contributed by atoms with Gasteiger partial charge in [-0.05, 0) is 26.3 Å². The first kappa shape index (κ1) is 11.6. The number of nitrogens with one attached hydrogen (secondary N) is 1. The van der Waals surface area contributed by atoms with Crippen molar-refractivity contribution in [2.45, 2.75) is 51.5 Å². The second-order valence-electron chi connectivity index (χ2n) is 4.73. The van der Waals surface area contributed by atoms with E-state index in [-0.39, 0.29) is 6.04 Å². The zero-order valence-electron chi connectivity index (χ0n) is 10.2. The lowest BCUT2D eigenvalue weighted by Gasteiger charge is -2.05. The lowest BCUT2D eigenvalue weighted by atomic mass is 10.0. The van der Waals surface area contributed by atoms with Gasteiger partial charge < -0.3 is 9.73 Å². The molecule has 1 saturated carbocycles. The van der Waals surface area contributed by atoms with Gasteiger partial charge in [-0.15, -0.1) is 10.2 Å². The minimum absolute atomic E-state index is 0.146. The van der Waals surface area contributed by atoms with E-state index in [4.69, 9.17) is 4.42 Å². The molecule has 0 aromatic carbocycles. The summed E-state index contributed by atoms with van der Waals surface area (Å²) in [6.45, 7) is 2.02. The highest BCUT2D eigenvalue weighted by Crippen LogP contribution is 2.28. The Bertz CT molecular complexity index is 318. The predicted molar refractivity (Wildman–Crippen MR) is 62.1 cm³/mol. The molecule has 16 heavy (non-hydrogen) atoms. The standard InChI is InChI=1S/C12H21N3O/c1-9(13-2)12-15-14-11(16-12)8-7-10-5-3-4-6-10/h9-10,13H,3-8H2,1-2H3. The molecule has 0 amide bonds. The molecular formula is C12H21N3O. The Morgan fingerprint density at radius 2 is 2.12 bits per heavy atom. The smallest absolute Gasteiger partial charge is 0.233 e. The van der Waals surface area contributed by atoms with Crippen LogP contribution in [0.25, 0.3) is 0 Å². The van der Waals surface area contributed by atoms with Crippen LogP contribution in [0.4, 0.5) is 0 Å². The van der Waals surface area contributed by atoms with E-state index in [1.807, 2.05) is 14.0 Å². The summed E-state index contributed by atoms with van der Waals surface area (Å²) in [6, 6.07) is 0.146. The third-order valence-electron chi connectivity index (χ3n) is 3.53. The Hall–Kier alpha value is -0.900. The molecule has 4 nitrogen and oxygen atoms in total. The molecule has 1 heterocycles. The monoisotopic (exact) mass is 223 g/mol. The first-order chi connectivity index (χ1) is 7.79. The molecule has 1 fully saturated rings. The molecule has 1 aromatic rings. The van der Waals surface area contributed by atoms with Crippen molar-refractivity contribution in [3.8, 4) is 0 Å². The van der Waals surface area contributed by atoms with E-state index >= 15 is 0 Å². The minimum atomic E-state index is 0.146. The minimum Gasteiger partial charge on any atom is -0.424 e. The summed E-state index contributed by atoms with van der Waals surface area (Å²) in [6.07, 6.45) is 7.71. The number of aryl methyl sites for hydroxylation is 1. The maximum atomic E-state index is 5.61. The summed E-state index contributed by atoms with van der Waals surface area (Å²) in [4.78, 5) is 0. The molecule has 1 aliphatic carbocycles. The van der Waals surface area contributed by atoms with Gasteiger partial charge >= 0.3 is 0 Å². The van der Waals surface area contributed by atoms with E-state index in [2.05, 4.69) is 15.5 Å². The van der Waals surface area contributed by atoms with Crippen LogP contribution in [-0.2, 0) is 6.42 Å². The highest BCUT2D eigenvalue weighted by molar-refractivity contribution is 4.88. The fraction of sp³-hybridized carbons (Fsp3) is 0.833. The Kier molecular flexibility index (Phi) is 3.93. The molecule has 0 saturated heterocycles. The van der Waals surface area contributed by atoms with Crippen molar-refractivity contribution in [2.75, 3.05) is 7.05 Å². The summed E-state index contributed by atoms with van der Waals surface area (Å²) in [5.74, 6) is 2.38. The second kappa shape index (κ2) is 5.43. The first-order valence-electron chi connectivity index (χ1n) is 6.29. The first-order valence-corrected chi connectivity index (χ1v) is 6.29. The zero-order valence-corrected chi connectivity index (χ0v) is 10.2. The summed E-state index contributed by atoms with van der Waals surface area (Å²) < 4.78 is 5.61. The van der Waals surface area contributed by atoms with Crippen LogP contribution < -0.4 is 5.32 Å². The number of aromatic nitrogens is 2. The zero-order chi connectivity index (χ0) is 11.4. The molecule has 0 bridgehead atoms. The highest BCUT2D eigenvalue weighted by atomic mass is 16.4. The van der Waals surface area contributed by atoms with Gasteiger partial charge in [0.15, 0.2) is 0 Å². The number of hydrogen-bond donors (Lipinski definition) is 1. The van der Waals surface area contributed by atoms with Gasteiger partial charge in [-0.25, -0.2) is 0 Å². The van der Waals surface area contributed by atoms with Crippen LogP contribution in [0.15, 0.2) is 4.42 Å². The molecule has 4 heteroatoms. The predicted octanol–water partition coefficient (Wildman–Crippen LogP) is 2.47. The topological polar surface area (TPSA) is 51.0 Å². The third kappa shape index (κ3) is 2.82. The maximum absolute atomic E-state index is 5.61. The maximum Gasteiger partial charge on any atom is 0.233 e. The van der Waals surface area contributed by atoms with Crippen molar-refractivity contribution >= 4 is 0 Å². The van der Waals surface area contributed by atoms with Gasteiger partial charge in [0.05, 0.1) is 6.04 Å². The van der Waals surface area contributed by atoms with Gasteiger partial charge in [-0.2, -0.15) is 0 Å². The average Bonchev–Trinajstić information content (AvgIpc) is 2.96. The van der Waals surface area contributed by atoms with Crippen molar-refractivity contribution in [3.05, 3.63) is 11.8 Å². The fourth-order valence-corrected chi connectivity index (χ4v) is 2.29. The molecule has 0 radical (unpaired) electrons. The Balaban J connectivity index is 1.82. The normalized spacial score (nSPS) is 19.1. The molecule has 1 aromatic heterocycles. The van der Waals surface area contributed by atoms with Crippen molar-refractivity contribution < 1.29 is 4.42 Å². The van der Waals surface area contributed by atoms with Crippen molar-refractivity contribution in [3.63, 3.8) is 0 Å². The van der Waals surface area contributed by atoms with Crippen LogP contribution in [0.2, 0.25) is 0 Å². The van der Waals surface area contributed by atoms with E-state index in [9.17, 15) is 0 Å². The average molecular weight is 223 g/mol. The van der Waals surface area contributed by atoms with E-state index in [0.29, 0.717) is 5.89 Å². The van der Waals surface area contributed by atoms with Gasteiger partial charge in [-0.1, -0.05) is 25.7 Å². The second-order valence-corrected chi connectivity index (χ2v) is 4.73. The summed E-state index contributed by atoms with van der Waals surface area (Å²) in [5, 5.41) is 11.2. The highest BCUT2D eigenvalue weighted by Gasteiger charge is 2.17. The fourth-order valence-electron chi connectivity index (χ4n) is 2.29. The molecule has 0 aliphatic heterocycles. The van der Waals surface area contributed by atoms with Crippen LogP contribution in [-0.4, -0.2) is 17.2 Å². The number of hydrogen-bond acceptors (Lipinski definition) is 4. The van der Waals surface area contributed by atoms with Crippen LogP contribution in [0.3, 0.4) is 0 Å². The molecular weight excluding hydrogens is 202 g/mol. The SMILES string of the molecule is CNC(C)c1nnc(CCC2CCCC2)o1. The van der Waals surface area contributed by atoms with Gasteiger partial charge in [0.2, 0.25) is 11.8 Å². The van der Waals surface area contributed by atoms with Crippen molar-refractivity contribution in [2.24, 2.45) is 5.92 Å². The van der Waals surface area contributed by atoms with Gasteiger partial charge in [-0.3, -0.25) is 0 Å². The van der Waals surface area contributed by atoms with Crippen LogP contribution in [0, 0.1) is 5.92 Å².